The average Bonchev–Trinajstić information content (AvgIpc) is 2.18. The van der Waals surface area contributed by atoms with Crippen LogP contribution in [0.1, 0.15) is 30.9 Å². The van der Waals surface area contributed by atoms with Gasteiger partial charge in [0, 0.05) is 13.2 Å². The number of hydrogen-bond acceptors (Lipinski definition) is 2. The molecule has 0 heterocycles. The first-order chi connectivity index (χ1) is 7.13. The highest BCUT2D eigenvalue weighted by Gasteiger charge is 2.01. The first-order valence-corrected chi connectivity index (χ1v) is 5.55. The standard InChI is InChI=1S/C13H22N2/c1-11(2)13-7-5-12(6-8-13)9-15(4)10-14-3/h5-8,11,14H,9-10H2,1-4H3. The Kier molecular flexibility index (Phi) is 4.79. The number of hydrogen-bond donors (Lipinski definition) is 1. The minimum absolute atomic E-state index is 0.620. The van der Waals surface area contributed by atoms with Crippen LogP contribution in [-0.4, -0.2) is 25.7 Å². The summed E-state index contributed by atoms with van der Waals surface area (Å²) in [5.74, 6) is 0.620. The zero-order valence-corrected chi connectivity index (χ0v) is 10.2. The normalized spacial score (nSPS) is 11.3. The van der Waals surface area contributed by atoms with E-state index < -0.39 is 0 Å². The fourth-order valence-electron chi connectivity index (χ4n) is 1.65. The molecule has 0 spiro atoms. The highest BCUT2D eigenvalue weighted by Crippen LogP contribution is 2.15. The minimum atomic E-state index is 0.620. The molecular formula is C13H22N2. The summed E-state index contributed by atoms with van der Waals surface area (Å²) >= 11 is 0. The molecule has 1 aromatic rings. The molecule has 1 aromatic carbocycles. The summed E-state index contributed by atoms with van der Waals surface area (Å²) in [5, 5.41) is 3.14. The predicted octanol–water partition coefficient (Wildman–Crippen LogP) is 2.42. The smallest absolute Gasteiger partial charge is 0.0478 e. The van der Waals surface area contributed by atoms with Crippen molar-refractivity contribution in [3.63, 3.8) is 0 Å². The maximum absolute atomic E-state index is 3.14. The molecule has 15 heavy (non-hydrogen) atoms. The molecule has 0 saturated heterocycles. The molecule has 84 valence electrons. The highest BCUT2D eigenvalue weighted by atomic mass is 15.2. The molecule has 1 N–H and O–H groups in total. The van der Waals surface area contributed by atoms with E-state index in [0.29, 0.717) is 5.92 Å². The molecule has 0 amide bonds. The van der Waals surface area contributed by atoms with Gasteiger partial charge < -0.3 is 5.32 Å². The summed E-state index contributed by atoms with van der Waals surface area (Å²) in [6, 6.07) is 8.91. The van der Waals surface area contributed by atoms with Crippen LogP contribution in [-0.2, 0) is 6.54 Å². The van der Waals surface area contributed by atoms with Gasteiger partial charge in [0.05, 0.1) is 0 Å². The predicted molar refractivity (Wildman–Crippen MR) is 65.9 cm³/mol. The second kappa shape index (κ2) is 5.89. The van der Waals surface area contributed by atoms with Crippen LogP contribution in [0.3, 0.4) is 0 Å². The van der Waals surface area contributed by atoms with E-state index >= 15 is 0 Å². The second-order valence-corrected chi connectivity index (χ2v) is 4.42. The molecule has 2 heteroatoms. The van der Waals surface area contributed by atoms with E-state index in [4.69, 9.17) is 0 Å². The Labute approximate surface area is 93.3 Å². The molecule has 0 aliphatic heterocycles. The molecule has 0 atom stereocenters. The Hall–Kier alpha value is -0.860. The van der Waals surface area contributed by atoms with Crippen molar-refractivity contribution in [2.75, 3.05) is 20.8 Å². The average molecular weight is 206 g/mol. The van der Waals surface area contributed by atoms with E-state index in [-0.39, 0.29) is 0 Å². The Balaban J connectivity index is 2.56. The summed E-state index contributed by atoms with van der Waals surface area (Å²) < 4.78 is 0. The quantitative estimate of drug-likeness (QED) is 0.744. The summed E-state index contributed by atoms with van der Waals surface area (Å²) in [5.41, 5.74) is 2.78. The SMILES string of the molecule is CNCN(C)Cc1ccc(C(C)C)cc1. The van der Waals surface area contributed by atoms with Gasteiger partial charge in [0.1, 0.15) is 0 Å². The van der Waals surface area contributed by atoms with Gasteiger partial charge in [-0.2, -0.15) is 0 Å². The topological polar surface area (TPSA) is 15.3 Å². The van der Waals surface area contributed by atoms with Crippen molar-refractivity contribution in [2.45, 2.75) is 26.3 Å². The fourth-order valence-corrected chi connectivity index (χ4v) is 1.65. The van der Waals surface area contributed by atoms with Crippen LogP contribution in [0.4, 0.5) is 0 Å². The van der Waals surface area contributed by atoms with Gasteiger partial charge >= 0.3 is 0 Å². The van der Waals surface area contributed by atoms with E-state index in [1.807, 2.05) is 7.05 Å². The molecule has 1 rings (SSSR count). The molecule has 0 fully saturated rings. The lowest BCUT2D eigenvalue weighted by atomic mass is 10.0. The van der Waals surface area contributed by atoms with Gasteiger partial charge in [0.25, 0.3) is 0 Å². The van der Waals surface area contributed by atoms with Gasteiger partial charge in [0.2, 0.25) is 0 Å². The summed E-state index contributed by atoms with van der Waals surface area (Å²) in [4.78, 5) is 2.25. The monoisotopic (exact) mass is 206 g/mol. The van der Waals surface area contributed by atoms with Gasteiger partial charge in [-0.05, 0) is 31.1 Å². The number of benzene rings is 1. The van der Waals surface area contributed by atoms with Crippen molar-refractivity contribution >= 4 is 0 Å². The fraction of sp³-hybridized carbons (Fsp3) is 0.538. The second-order valence-electron chi connectivity index (χ2n) is 4.42. The van der Waals surface area contributed by atoms with Gasteiger partial charge in [-0.15, -0.1) is 0 Å². The molecule has 0 aromatic heterocycles. The molecule has 0 aliphatic rings. The van der Waals surface area contributed by atoms with Crippen LogP contribution in [0.5, 0.6) is 0 Å². The van der Waals surface area contributed by atoms with Crippen molar-refractivity contribution in [3.8, 4) is 0 Å². The third-order valence-electron chi connectivity index (χ3n) is 2.53. The minimum Gasteiger partial charge on any atom is -0.307 e. The Morgan fingerprint density at radius 2 is 1.80 bits per heavy atom. The van der Waals surface area contributed by atoms with Crippen molar-refractivity contribution in [2.24, 2.45) is 0 Å². The lowest BCUT2D eigenvalue weighted by Gasteiger charge is -2.16. The first-order valence-electron chi connectivity index (χ1n) is 5.55. The van der Waals surface area contributed by atoms with E-state index in [9.17, 15) is 0 Å². The van der Waals surface area contributed by atoms with Crippen LogP contribution in [0.25, 0.3) is 0 Å². The summed E-state index contributed by atoms with van der Waals surface area (Å²) in [6.07, 6.45) is 0. The zero-order valence-electron chi connectivity index (χ0n) is 10.2. The van der Waals surface area contributed by atoms with Crippen LogP contribution in [0.15, 0.2) is 24.3 Å². The number of nitrogens with one attached hydrogen (secondary N) is 1. The first kappa shape index (κ1) is 12.2. The Bertz CT molecular complexity index is 277. The third-order valence-corrected chi connectivity index (χ3v) is 2.53. The molecule has 0 radical (unpaired) electrons. The van der Waals surface area contributed by atoms with Crippen molar-refractivity contribution in [1.29, 1.82) is 0 Å². The molecular weight excluding hydrogens is 184 g/mol. The van der Waals surface area contributed by atoms with Crippen LogP contribution in [0, 0.1) is 0 Å². The van der Waals surface area contributed by atoms with Crippen LogP contribution >= 0.6 is 0 Å². The third kappa shape index (κ3) is 4.02. The van der Waals surface area contributed by atoms with E-state index in [1.54, 1.807) is 0 Å². The number of nitrogens with zero attached hydrogens (tertiary/aromatic N) is 1. The largest absolute Gasteiger partial charge is 0.307 e. The van der Waals surface area contributed by atoms with E-state index in [1.165, 1.54) is 11.1 Å². The van der Waals surface area contributed by atoms with Gasteiger partial charge in [-0.1, -0.05) is 38.1 Å². The lowest BCUT2D eigenvalue weighted by molar-refractivity contribution is 0.310. The van der Waals surface area contributed by atoms with Gasteiger partial charge in [0.15, 0.2) is 0 Å². The Morgan fingerprint density at radius 1 is 1.20 bits per heavy atom. The maximum atomic E-state index is 3.14. The van der Waals surface area contributed by atoms with Crippen LogP contribution < -0.4 is 5.32 Å². The van der Waals surface area contributed by atoms with Crippen molar-refractivity contribution < 1.29 is 0 Å². The van der Waals surface area contributed by atoms with Crippen LogP contribution in [0.2, 0.25) is 0 Å². The Morgan fingerprint density at radius 3 is 2.27 bits per heavy atom. The molecule has 2 nitrogen and oxygen atoms in total. The lowest BCUT2D eigenvalue weighted by Crippen LogP contribution is -2.27. The van der Waals surface area contributed by atoms with E-state index in [0.717, 1.165) is 13.2 Å². The van der Waals surface area contributed by atoms with Gasteiger partial charge in [-0.3, -0.25) is 4.90 Å². The maximum Gasteiger partial charge on any atom is 0.0478 e. The zero-order chi connectivity index (χ0) is 11.3. The van der Waals surface area contributed by atoms with Crippen molar-refractivity contribution in [1.82, 2.24) is 10.2 Å². The molecule has 0 saturated carbocycles. The molecule has 0 unspecified atom stereocenters. The number of rotatable bonds is 5. The van der Waals surface area contributed by atoms with E-state index in [2.05, 4.69) is 55.4 Å². The summed E-state index contributed by atoms with van der Waals surface area (Å²) in [6.45, 7) is 6.37. The highest BCUT2D eigenvalue weighted by molar-refractivity contribution is 5.24. The molecule has 0 bridgehead atoms. The van der Waals surface area contributed by atoms with Crippen molar-refractivity contribution in [3.05, 3.63) is 35.4 Å². The summed E-state index contributed by atoms with van der Waals surface area (Å²) in [7, 11) is 4.09. The molecule has 0 aliphatic carbocycles. The van der Waals surface area contributed by atoms with Gasteiger partial charge in [-0.25, -0.2) is 0 Å².